The maximum absolute atomic E-state index is 12.1. The summed E-state index contributed by atoms with van der Waals surface area (Å²) in [6, 6.07) is 8.61. The minimum absolute atomic E-state index is 0.0127. The van der Waals surface area contributed by atoms with Gasteiger partial charge >= 0.3 is 0 Å². The van der Waals surface area contributed by atoms with E-state index in [1.165, 1.54) is 6.07 Å². The highest BCUT2D eigenvalue weighted by Gasteiger charge is 2.15. The lowest BCUT2D eigenvalue weighted by Crippen LogP contribution is -2.24. The summed E-state index contributed by atoms with van der Waals surface area (Å²) in [6.45, 7) is 3.68. The van der Waals surface area contributed by atoms with Crippen molar-refractivity contribution in [2.24, 2.45) is 0 Å². The first-order chi connectivity index (χ1) is 10.1. The fraction of sp³-hybridized carbons (Fsp3) is 0.286. The van der Waals surface area contributed by atoms with Crippen LogP contribution in [-0.4, -0.2) is 24.9 Å². The van der Waals surface area contributed by atoms with Crippen LogP contribution in [0.5, 0.6) is 0 Å². The van der Waals surface area contributed by atoms with Crippen LogP contribution < -0.4 is 10.0 Å². The van der Waals surface area contributed by atoms with Gasteiger partial charge in [0, 0.05) is 18.9 Å². The molecule has 21 heavy (non-hydrogen) atoms. The smallest absolute Gasteiger partial charge is 0.258 e. The summed E-state index contributed by atoms with van der Waals surface area (Å²) in [6.07, 6.45) is 3.19. The number of aromatic nitrogens is 2. The summed E-state index contributed by atoms with van der Waals surface area (Å²) in [5, 5.41) is 3.17. The monoisotopic (exact) mass is 306 g/mol. The van der Waals surface area contributed by atoms with Crippen molar-refractivity contribution in [3.8, 4) is 0 Å². The van der Waals surface area contributed by atoms with Crippen molar-refractivity contribution in [3.63, 3.8) is 0 Å². The molecule has 6 nitrogen and oxygen atoms in total. The SMILES string of the molecule is CCNCc1ccc(S(=O)(=O)NCc2ccccn2)nc1. The highest BCUT2D eigenvalue weighted by atomic mass is 32.2. The maximum Gasteiger partial charge on any atom is 0.258 e. The predicted octanol–water partition coefficient (Wildman–Crippen LogP) is 1.06. The molecule has 0 aliphatic heterocycles. The van der Waals surface area contributed by atoms with Crippen LogP contribution in [0.3, 0.4) is 0 Å². The molecule has 0 aromatic carbocycles. The number of hydrogen-bond acceptors (Lipinski definition) is 5. The second-order valence-electron chi connectivity index (χ2n) is 4.43. The Morgan fingerprint density at radius 1 is 1.10 bits per heavy atom. The van der Waals surface area contributed by atoms with Gasteiger partial charge in [0.25, 0.3) is 10.0 Å². The number of pyridine rings is 2. The van der Waals surface area contributed by atoms with Crippen LogP contribution in [0, 0.1) is 0 Å². The molecule has 2 N–H and O–H groups in total. The Morgan fingerprint density at radius 2 is 1.95 bits per heavy atom. The molecule has 0 bridgehead atoms. The van der Waals surface area contributed by atoms with Gasteiger partial charge in [-0.1, -0.05) is 19.1 Å². The zero-order valence-electron chi connectivity index (χ0n) is 11.8. The molecule has 0 spiro atoms. The van der Waals surface area contributed by atoms with Crippen LogP contribution in [0.1, 0.15) is 18.2 Å². The third kappa shape index (κ3) is 4.59. The van der Waals surface area contributed by atoms with Crippen LogP contribution in [-0.2, 0) is 23.1 Å². The molecular weight excluding hydrogens is 288 g/mol. The van der Waals surface area contributed by atoms with Gasteiger partial charge in [0.2, 0.25) is 0 Å². The highest BCUT2D eigenvalue weighted by Crippen LogP contribution is 2.07. The topological polar surface area (TPSA) is 84.0 Å². The largest absolute Gasteiger partial charge is 0.313 e. The molecule has 7 heteroatoms. The van der Waals surface area contributed by atoms with Gasteiger partial charge in [0.05, 0.1) is 12.2 Å². The third-order valence-corrected chi connectivity index (χ3v) is 4.14. The first-order valence-electron chi connectivity index (χ1n) is 6.67. The number of nitrogens with zero attached hydrogens (tertiary/aromatic N) is 2. The number of sulfonamides is 1. The molecule has 0 unspecified atom stereocenters. The summed E-state index contributed by atoms with van der Waals surface area (Å²) >= 11 is 0. The Bertz CT molecular complexity index is 657. The molecule has 0 atom stereocenters. The van der Waals surface area contributed by atoms with Gasteiger partial charge in [0.1, 0.15) is 0 Å². The molecule has 0 saturated carbocycles. The Balaban J connectivity index is 2.02. The van der Waals surface area contributed by atoms with Crippen LogP contribution >= 0.6 is 0 Å². The molecule has 2 aromatic heterocycles. The van der Waals surface area contributed by atoms with Crippen LogP contribution in [0.4, 0.5) is 0 Å². The summed E-state index contributed by atoms with van der Waals surface area (Å²) in [5.74, 6) is 0. The quantitative estimate of drug-likeness (QED) is 0.799. The second kappa shape index (κ2) is 7.26. The molecular formula is C14H18N4O2S. The van der Waals surface area contributed by atoms with Crippen molar-refractivity contribution in [2.75, 3.05) is 6.54 Å². The average molecular weight is 306 g/mol. The van der Waals surface area contributed by atoms with Crippen molar-refractivity contribution in [1.82, 2.24) is 20.0 Å². The molecule has 112 valence electrons. The lowest BCUT2D eigenvalue weighted by Gasteiger charge is -2.07. The van der Waals surface area contributed by atoms with Crippen LogP contribution in [0.15, 0.2) is 47.8 Å². The first-order valence-corrected chi connectivity index (χ1v) is 8.15. The minimum atomic E-state index is -3.62. The summed E-state index contributed by atoms with van der Waals surface area (Å²) < 4.78 is 26.7. The molecule has 2 rings (SSSR count). The summed E-state index contributed by atoms with van der Waals surface area (Å²) in [5.41, 5.74) is 1.60. The predicted molar refractivity (Wildman–Crippen MR) is 79.9 cm³/mol. The number of rotatable bonds is 7. The Labute approximate surface area is 124 Å². The molecule has 0 radical (unpaired) electrons. The van der Waals surface area contributed by atoms with Crippen molar-refractivity contribution >= 4 is 10.0 Å². The van der Waals surface area contributed by atoms with E-state index in [0.717, 1.165) is 12.1 Å². The number of hydrogen-bond donors (Lipinski definition) is 2. The van der Waals surface area contributed by atoms with Gasteiger partial charge in [0.15, 0.2) is 5.03 Å². The number of nitrogens with one attached hydrogen (secondary N) is 2. The summed E-state index contributed by atoms with van der Waals surface area (Å²) in [4.78, 5) is 8.07. The van der Waals surface area contributed by atoms with Crippen molar-refractivity contribution < 1.29 is 8.42 Å². The van der Waals surface area contributed by atoms with Crippen molar-refractivity contribution in [2.45, 2.75) is 25.0 Å². The average Bonchev–Trinajstić information content (AvgIpc) is 2.52. The molecule has 2 heterocycles. The van der Waals surface area contributed by atoms with Gasteiger partial charge in [-0.3, -0.25) is 4.98 Å². The van der Waals surface area contributed by atoms with E-state index in [9.17, 15) is 8.42 Å². The van der Waals surface area contributed by atoms with Crippen molar-refractivity contribution in [3.05, 3.63) is 54.0 Å². The lowest BCUT2D eigenvalue weighted by atomic mass is 10.3. The van der Waals surface area contributed by atoms with Crippen LogP contribution in [0.25, 0.3) is 0 Å². The Hall–Kier alpha value is -1.83. The standard InChI is InChI=1S/C14H18N4O2S/c1-2-15-9-12-6-7-14(17-10-12)21(19,20)18-11-13-5-3-4-8-16-13/h3-8,10,15,18H,2,9,11H2,1H3. The van der Waals surface area contributed by atoms with Gasteiger partial charge in [-0.05, 0) is 30.3 Å². The molecule has 0 aliphatic carbocycles. The first kappa shape index (κ1) is 15.6. The van der Waals surface area contributed by atoms with Crippen molar-refractivity contribution in [1.29, 1.82) is 0 Å². The highest BCUT2D eigenvalue weighted by molar-refractivity contribution is 7.89. The van der Waals surface area contributed by atoms with Gasteiger partial charge in [-0.15, -0.1) is 0 Å². The van der Waals surface area contributed by atoms with Gasteiger partial charge in [-0.2, -0.15) is 0 Å². The van der Waals surface area contributed by atoms with E-state index in [1.54, 1.807) is 30.6 Å². The van der Waals surface area contributed by atoms with Gasteiger partial charge in [-0.25, -0.2) is 18.1 Å². The maximum atomic E-state index is 12.1. The fourth-order valence-corrected chi connectivity index (χ4v) is 2.61. The molecule has 2 aromatic rings. The van der Waals surface area contributed by atoms with E-state index < -0.39 is 10.0 Å². The third-order valence-electron chi connectivity index (χ3n) is 2.82. The fourth-order valence-electron chi connectivity index (χ4n) is 1.69. The van der Waals surface area contributed by atoms with E-state index >= 15 is 0 Å². The van der Waals surface area contributed by atoms with E-state index in [4.69, 9.17) is 0 Å². The van der Waals surface area contributed by atoms with Crippen LogP contribution in [0.2, 0.25) is 0 Å². The van der Waals surface area contributed by atoms with Gasteiger partial charge < -0.3 is 5.32 Å². The minimum Gasteiger partial charge on any atom is -0.313 e. The zero-order chi connectivity index (χ0) is 15.1. The van der Waals surface area contributed by atoms with E-state index in [-0.39, 0.29) is 11.6 Å². The molecule has 0 fully saturated rings. The molecule has 0 aliphatic rings. The Morgan fingerprint density at radius 3 is 2.57 bits per heavy atom. The normalized spacial score (nSPS) is 11.5. The summed E-state index contributed by atoms with van der Waals surface area (Å²) in [7, 11) is -3.62. The Kier molecular flexibility index (Phi) is 5.38. The zero-order valence-corrected chi connectivity index (χ0v) is 12.6. The molecule has 0 amide bonds. The van der Waals surface area contributed by atoms with E-state index in [1.807, 2.05) is 13.0 Å². The van der Waals surface area contributed by atoms with E-state index in [0.29, 0.717) is 12.2 Å². The second-order valence-corrected chi connectivity index (χ2v) is 6.14. The lowest BCUT2D eigenvalue weighted by molar-refractivity contribution is 0.576. The van der Waals surface area contributed by atoms with E-state index in [2.05, 4.69) is 20.0 Å². The molecule has 0 saturated heterocycles.